The van der Waals surface area contributed by atoms with Crippen molar-refractivity contribution in [3.63, 3.8) is 0 Å². The summed E-state index contributed by atoms with van der Waals surface area (Å²) in [6.45, 7) is 8.64. The van der Waals surface area contributed by atoms with E-state index in [-0.39, 0.29) is 17.2 Å². The van der Waals surface area contributed by atoms with E-state index in [2.05, 4.69) is 9.84 Å². The highest BCUT2D eigenvalue weighted by atomic mass is 16.7. The molecule has 0 aliphatic carbocycles. The highest BCUT2D eigenvalue weighted by molar-refractivity contribution is 6.62. The normalized spacial score (nSPS) is 19.0. The largest absolute Gasteiger partial charge is 0.494 e. The molecule has 1 aromatic carbocycles. The fraction of sp³-hybridized carbons (Fsp3) is 0.529. The van der Waals surface area contributed by atoms with E-state index in [0.29, 0.717) is 13.0 Å². The van der Waals surface area contributed by atoms with Crippen LogP contribution in [0.3, 0.4) is 0 Å². The zero-order valence-corrected chi connectivity index (χ0v) is 14.8. The molecule has 2 heterocycles. The third-order valence-electron chi connectivity index (χ3n) is 4.95. The van der Waals surface area contributed by atoms with Crippen LogP contribution in [0.25, 0.3) is 10.9 Å². The van der Waals surface area contributed by atoms with Crippen LogP contribution in [-0.4, -0.2) is 41.2 Å². The molecule has 0 saturated carbocycles. The lowest BCUT2D eigenvalue weighted by atomic mass is 9.79. The Morgan fingerprint density at radius 1 is 1.25 bits per heavy atom. The lowest BCUT2D eigenvalue weighted by Crippen LogP contribution is -2.41. The summed E-state index contributed by atoms with van der Waals surface area (Å²) in [5.41, 5.74) is 1.21. The monoisotopic (exact) mass is 330 g/mol. The van der Waals surface area contributed by atoms with Crippen molar-refractivity contribution in [2.24, 2.45) is 0 Å². The van der Waals surface area contributed by atoms with Gasteiger partial charge in [-0.25, -0.2) is 0 Å². The second-order valence-corrected chi connectivity index (χ2v) is 7.10. The molecule has 0 unspecified atom stereocenters. The predicted molar refractivity (Wildman–Crippen MR) is 92.1 cm³/mol. The average Bonchev–Trinajstić information content (AvgIpc) is 3.02. The Morgan fingerprint density at radius 2 is 1.92 bits per heavy atom. The second kappa shape index (κ2) is 5.90. The van der Waals surface area contributed by atoms with Crippen molar-refractivity contribution < 1.29 is 18.8 Å². The Kier molecular flexibility index (Phi) is 4.17. The maximum Gasteiger partial charge on any atom is 0.494 e. The van der Waals surface area contributed by atoms with Gasteiger partial charge in [-0.1, -0.05) is 12.1 Å². The summed E-state index contributed by atoms with van der Waals surface area (Å²) in [7, 11) is 0.998. The van der Waals surface area contributed by atoms with Crippen molar-refractivity contribution in [1.82, 2.24) is 9.78 Å². The molecule has 0 bridgehead atoms. The molecule has 1 aliphatic rings. The summed E-state index contributed by atoms with van der Waals surface area (Å²) >= 11 is 0. The quantitative estimate of drug-likeness (QED) is 0.633. The van der Waals surface area contributed by atoms with Crippen molar-refractivity contribution in [3.8, 4) is 0 Å². The number of ether oxygens (including phenoxy) is 1. The molecule has 0 amide bonds. The molecule has 2 aromatic rings. The van der Waals surface area contributed by atoms with Crippen molar-refractivity contribution in [3.05, 3.63) is 24.4 Å². The van der Waals surface area contributed by atoms with Gasteiger partial charge in [-0.15, -0.1) is 0 Å². The third-order valence-corrected chi connectivity index (χ3v) is 4.95. The number of esters is 1. The van der Waals surface area contributed by atoms with Crippen LogP contribution in [0.4, 0.5) is 0 Å². The molecule has 6 nitrogen and oxygen atoms in total. The minimum absolute atomic E-state index is 0.243. The summed E-state index contributed by atoms with van der Waals surface area (Å²) in [5, 5.41) is 5.35. The molecule has 0 atom stereocenters. The molecule has 0 N–H and O–H groups in total. The van der Waals surface area contributed by atoms with Crippen LogP contribution in [0.5, 0.6) is 0 Å². The smallest absolute Gasteiger partial charge is 0.469 e. The number of hydrogen-bond donors (Lipinski definition) is 0. The Hall–Kier alpha value is -1.86. The molecule has 128 valence electrons. The van der Waals surface area contributed by atoms with Crippen molar-refractivity contribution in [2.75, 3.05) is 7.11 Å². The number of fused-ring (bicyclic) bond motifs is 1. The first kappa shape index (κ1) is 17.0. The molecule has 3 rings (SSSR count). The van der Waals surface area contributed by atoms with E-state index in [1.54, 1.807) is 10.9 Å². The Balaban J connectivity index is 1.82. The van der Waals surface area contributed by atoms with Crippen LogP contribution < -0.4 is 5.46 Å². The van der Waals surface area contributed by atoms with Gasteiger partial charge in [0.2, 0.25) is 0 Å². The number of carbonyl (C=O) groups is 1. The predicted octanol–water partition coefficient (Wildman–Crippen LogP) is 1.90. The number of aromatic nitrogens is 2. The van der Waals surface area contributed by atoms with E-state index in [0.717, 1.165) is 16.4 Å². The molecule has 1 aliphatic heterocycles. The lowest BCUT2D eigenvalue weighted by molar-refractivity contribution is -0.140. The molecule has 0 spiro atoms. The number of benzene rings is 1. The highest BCUT2D eigenvalue weighted by Crippen LogP contribution is 2.36. The van der Waals surface area contributed by atoms with Crippen LogP contribution in [0.15, 0.2) is 24.4 Å². The first-order chi connectivity index (χ1) is 11.2. The number of hydrogen-bond acceptors (Lipinski definition) is 5. The summed E-state index contributed by atoms with van der Waals surface area (Å²) < 4.78 is 18.7. The van der Waals surface area contributed by atoms with Crippen molar-refractivity contribution in [2.45, 2.75) is 51.9 Å². The van der Waals surface area contributed by atoms with Gasteiger partial charge in [0.25, 0.3) is 0 Å². The molecular weight excluding hydrogens is 307 g/mol. The summed E-state index contributed by atoms with van der Waals surface area (Å²) in [4.78, 5) is 11.3. The van der Waals surface area contributed by atoms with Gasteiger partial charge in [-0.05, 0) is 39.2 Å². The number of rotatable bonds is 4. The fourth-order valence-corrected chi connectivity index (χ4v) is 2.71. The zero-order valence-electron chi connectivity index (χ0n) is 14.8. The van der Waals surface area contributed by atoms with Crippen LogP contribution in [-0.2, 0) is 25.4 Å². The Bertz CT molecular complexity index is 753. The first-order valence-corrected chi connectivity index (χ1v) is 8.11. The van der Waals surface area contributed by atoms with Crippen LogP contribution >= 0.6 is 0 Å². The van der Waals surface area contributed by atoms with E-state index < -0.39 is 7.12 Å². The zero-order chi connectivity index (χ0) is 17.5. The SMILES string of the molecule is COC(=O)CCn1ncc2cc(B3OC(C)(C)C(C)(C)O3)ccc21. The molecule has 1 saturated heterocycles. The summed E-state index contributed by atoms with van der Waals surface area (Å²) in [5.74, 6) is -0.243. The van der Waals surface area contributed by atoms with Crippen molar-refractivity contribution >= 4 is 29.5 Å². The Morgan fingerprint density at radius 3 is 2.54 bits per heavy atom. The van der Waals surface area contributed by atoms with Gasteiger partial charge in [0.05, 0.1) is 43.0 Å². The van der Waals surface area contributed by atoms with E-state index in [4.69, 9.17) is 9.31 Å². The van der Waals surface area contributed by atoms with Crippen molar-refractivity contribution in [1.29, 1.82) is 0 Å². The van der Waals surface area contributed by atoms with E-state index >= 15 is 0 Å². The molecule has 0 radical (unpaired) electrons. The number of methoxy groups -OCH3 is 1. The van der Waals surface area contributed by atoms with Crippen LogP contribution in [0, 0.1) is 0 Å². The minimum atomic E-state index is -0.391. The fourth-order valence-electron chi connectivity index (χ4n) is 2.71. The molecule has 24 heavy (non-hydrogen) atoms. The van der Waals surface area contributed by atoms with Crippen LogP contribution in [0.2, 0.25) is 0 Å². The van der Waals surface area contributed by atoms with E-state index in [9.17, 15) is 4.79 Å². The number of nitrogens with zero attached hydrogens (tertiary/aromatic N) is 2. The summed E-state index contributed by atoms with van der Waals surface area (Å²) in [6.07, 6.45) is 2.09. The Labute approximate surface area is 142 Å². The first-order valence-electron chi connectivity index (χ1n) is 8.11. The second-order valence-electron chi connectivity index (χ2n) is 7.10. The van der Waals surface area contributed by atoms with Gasteiger partial charge in [0, 0.05) is 5.39 Å². The topological polar surface area (TPSA) is 62.6 Å². The van der Waals surface area contributed by atoms with E-state index in [1.807, 2.05) is 45.9 Å². The molecule has 1 fully saturated rings. The van der Waals surface area contributed by atoms with Crippen LogP contribution in [0.1, 0.15) is 34.1 Å². The lowest BCUT2D eigenvalue weighted by Gasteiger charge is -2.32. The standard InChI is InChI=1S/C17H23BN2O4/c1-16(2)17(3,4)24-18(23-16)13-6-7-14-12(10-13)11-19-20(14)9-8-15(21)22-5/h6-7,10-11H,8-9H2,1-5H3. The summed E-state index contributed by atoms with van der Waals surface area (Å²) in [6, 6.07) is 6.00. The maximum absolute atomic E-state index is 11.3. The average molecular weight is 330 g/mol. The third kappa shape index (κ3) is 2.94. The van der Waals surface area contributed by atoms with Gasteiger partial charge < -0.3 is 14.0 Å². The van der Waals surface area contributed by atoms with Gasteiger partial charge in [-0.3, -0.25) is 9.48 Å². The van der Waals surface area contributed by atoms with E-state index in [1.165, 1.54) is 7.11 Å². The van der Waals surface area contributed by atoms with Gasteiger partial charge in [0.15, 0.2) is 0 Å². The molecule has 1 aromatic heterocycles. The number of carbonyl (C=O) groups excluding carboxylic acids is 1. The maximum atomic E-state index is 11.3. The highest BCUT2D eigenvalue weighted by Gasteiger charge is 2.51. The molecular formula is C17H23BN2O4. The minimum Gasteiger partial charge on any atom is -0.469 e. The number of aryl methyl sites for hydroxylation is 1. The van der Waals surface area contributed by atoms with Gasteiger partial charge >= 0.3 is 13.1 Å². The van der Waals surface area contributed by atoms with Gasteiger partial charge in [-0.2, -0.15) is 5.10 Å². The van der Waals surface area contributed by atoms with Gasteiger partial charge in [0.1, 0.15) is 0 Å². The molecule has 7 heteroatoms.